The molecule has 1 amide bonds. The van der Waals surface area contributed by atoms with Crippen molar-refractivity contribution in [2.45, 2.75) is 45.1 Å². The van der Waals surface area contributed by atoms with Crippen LogP contribution in [0.25, 0.3) is 0 Å². The van der Waals surface area contributed by atoms with Crippen LogP contribution in [0.15, 0.2) is 16.9 Å². The second-order valence-electron chi connectivity index (χ2n) is 6.75. The summed E-state index contributed by atoms with van der Waals surface area (Å²) in [5.41, 5.74) is -0.669. The van der Waals surface area contributed by atoms with Crippen molar-refractivity contribution in [3.05, 3.63) is 28.2 Å². The van der Waals surface area contributed by atoms with Gasteiger partial charge in [-0.05, 0) is 37.2 Å². The van der Waals surface area contributed by atoms with Gasteiger partial charge in [-0.15, -0.1) is 0 Å². The zero-order chi connectivity index (χ0) is 15.7. The highest BCUT2D eigenvalue weighted by Crippen LogP contribution is 2.39. The minimum Gasteiger partial charge on any atom is -0.388 e. The molecule has 1 aromatic heterocycles. The summed E-state index contributed by atoms with van der Waals surface area (Å²) in [5, 5.41) is 17.1. The highest BCUT2D eigenvalue weighted by atomic mass is 16.3. The Kier molecular flexibility index (Phi) is 4.18. The van der Waals surface area contributed by atoms with Gasteiger partial charge >= 0.3 is 0 Å². The van der Waals surface area contributed by atoms with Gasteiger partial charge in [0.25, 0.3) is 11.5 Å². The smallest absolute Gasteiger partial charge is 0.271 e. The van der Waals surface area contributed by atoms with Crippen molar-refractivity contribution in [1.82, 2.24) is 15.1 Å². The third kappa shape index (κ3) is 3.91. The van der Waals surface area contributed by atoms with E-state index in [2.05, 4.69) is 24.3 Å². The van der Waals surface area contributed by atoms with E-state index in [9.17, 15) is 14.7 Å². The molecule has 6 nitrogen and oxygen atoms in total. The number of aliphatic hydroxyl groups is 1. The summed E-state index contributed by atoms with van der Waals surface area (Å²) in [6.07, 6.45) is 3.25. The van der Waals surface area contributed by atoms with Gasteiger partial charge in [-0.1, -0.05) is 13.8 Å². The van der Waals surface area contributed by atoms with Crippen LogP contribution in [0.1, 0.15) is 50.0 Å². The van der Waals surface area contributed by atoms with Gasteiger partial charge < -0.3 is 10.4 Å². The van der Waals surface area contributed by atoms with Crippen molar-refractivity contribution in [3.63, 3.8) is 0 Å². The normalized spacial score (nSPS) is 20.0. The molecule has 6 heteroatoms. The predicted octanol–water partition coefficient (Wildman–Crippen LogP) is 0.841. The summed E-state index contributed by atoms with van der Waals surface area (Å²) in [6, 6.07) is 2.70. The predicted molar refractivity (Wildman–Crippen MR) is 79.0 cm³/mol. The third-order valence-corrected chi connectivity index (χ3v) is 4.31. The molecule has 0 bridgehead atoms. The lowest BCUT2D eigenvalue weighted by Crippen LogP contribution is -2.46. The van der Waals surface area contributed by atoms with Crippen molar-refractivity contribution in [3.8, 4) is 0 Å². The molecule has 1 aliphatic carbocycles. The second kappa shape index (κ2) is 5.60. The van der Waals surface area contributed by atoms with Crippen molar-refractivity contribution >= 4 is 5.91 Å². The average Bonchev–Trinajstić information content (AvgIpc) is 2.43. The first-order chi connectivity index (χ1) is 9.71. The molecule has 21 heavy (non-hydrogen) atoms. The maximum Gasteiger partial charge on any atom is 0.271 e. The number of nitrogens with one attached hydrogen (secondary N) is 1. The minimum absolute atomic E-state index is 0.178. The first kappa shape index (κ1) is 15.7. The standard InChI is InChI=1S/C15H23N3O3/c1-14(2)6-8-15(21,9-7-14)10-16-13(20)11-4-5-12(19)18(3)17-11/h4-5,21H,6-10H2,1-3H3,(H,16,20). The topological polar surface area (TPSA) is 84.2 Å². The number of rotatable bonds is 3. The fourth-order valence-electron chi connectivity index (χ4n) is 2.53. The second-order valence-corrected chi connectivity index (χ2v) is 6.75. The first-order valence-electron chi connectivity index (χ1n) is 7.26. The Labute approximate surface area is 124 Å². The van der Waals surface area contributed by atoms with Crippen LogP contribution < -0.4 is 10.9 Å². The SMILES string of the molecule is Cn1nc(C(=O)NCC2(O)CCC(C)(C)CC2)ccc1=O. The Morgan fingerprint density at radius 2 is 1.95 bits per heavy atom. The Morgan fingerprint density at radius 3 is 2.52 bits per heavy atom. The molecule has 1 aromatic rings. The number of carbonyl (C=O) groups excluding carboxylic acids is 1. The average molecular weight is 293 g/mol. The van der Waals surface area contributed by atoms with Crippen LogP contribution in [-0.4, -0.2) is 32.9 Å². The van der Waals surface area contributed by atoms with E-state index in [-0.39, 0.29) is 29.1 Å². The van der Waals surface area contributed by atoms with Crippen LogP contribution in [0.3, 0.4) is 0 Å². The Hall–Kier alpha value is -1.69. The van der Waals surface area contributed by atoms with E-state index >= 15 is 0 Å². The lowest BCUT2D eigenvalue weighted by Gasteiger charge is -2.40. The third-order valence-electron chi connectivity index (χ3n) is 4.31. The fourth-order valence-corrected chi connectivity index (χ4v) is 2.53. The van der Waals surface area contributed by atoms with Gasteiger partial charge in [0.05, 0.1) is 5.60 Å². The molecule has 1 saturated carbocycles. The van der Waals surface area contributed by atoms with E-state index in [1.54, 1.807) is 0 Å². The van der Waals surface area contributed by atoms with Crippen LogP contribution in [0, 0.1) is 5.41 Å². The minimum atomic E-state index is -0.841. The van der Waals surface area contributed by atoms with E-state index < -0.39 is 5.60 Å². The quantitative estimate of drug-likeness (QED) is 0.865. The van der Waals surface area contributed by atoms with Gasteiger partial charge in [0.2, 0.25) is 0 Å². The van der Waals surface area contributed by atoms with Gasteiger partial charge in [-0.3, -0.25) is 9.59 Å². The first-order valence-corrected chi connectivity index (χ1v) is 7.26. The number of amides is 1. The molecule has 1 heterocycles. The number of hydrogen-bond donors (Lipinski definition) is 2. The molecule has 0 spiro atoms. The van der Waals surface area contributed by atoms with E-state index in [0.717, 1.165) is 17.5 Å². The lowest BCUT2D eigenvalue weighted by atomic mass is 9.71. The molecule has 1 aliphatic rings. The summed E-state index contributed by atoms with van der Waals surface area (Å²) in [6.45, 7) is 4.60. The zero-order valence-electron chi connectivity index (χ0n) is 12.8. The molecule has 0 aromatic carbocycles. The van der Waals surface area contributed by atoms with Crippen molar-refractivity contribution in [1.29, 1.82) is 0 Å². The van der Waals surface area contributed by atoms with Crippen LogP contribution in [0.5, 0.6) is 0 Å². The maximum absolute atomic E-state index is 12.0. The Balaban J connectivity index is 1.95. The number of carbonyl (C=O) groups is 1. The van der Waals surface area contributed by atoms with Crippen LogP contribution in [0.2, 0.25) is 0 Å². The van der Waals surface area contributed by atoms with Gasteiger partial charge in [-0.25, -0.2) is 4.68 Å². The zero-order valence-corrected chi connectivity index (χ0v) is 12.8. The van der Waals surface area contributed by atoms with Gasteiger partial charge in [0.1, 0.15) is 5.69 Å². The van der Waals surface area contributed by atoms with Crippen LogP contribution in [0.4, 0.5) is 0 Å². The van der Waals surface area contributed by atoms with E-state index in [4.69, 9.17) is 0 Å². The van der Waals surface area contributed by atoms with Crippen molar-refractivity contribution < 1.29 is 9.90 Å². The summed E-state index contributed by atoms with van der Waals surface area (Å²) >= 11 is 0. The number of aryl methyl sites for hydroxylation is 1. The van der Waals surface area contributed by atoms with Crippen LogP contribution >= 0.6 is 0 Å². The molecule has 116 valence electrons. The monoisotopic (exact) mass is 293 g/mol. The molecule has 0 radical (unpaired) electrons. The largest absolute Gasteiger partial charge is 0.388 e. The van der Waals surface area contributed by atoms with Crippen LogP contribution in [-0.2, 0) is 7.05 Å². The van der Waals surface area contributed by atoms with Crippen molar-refractivity contribution in [2.75, 3.05) is 6.54 Å². The van der Waals surface area contributed by atoms with Gasteiger partial charge in [0.15, 0.2) is 0 Å². The molecule has 2 N–H and O–H groups in total. The molecule has 2 rings (SSSR count). The molecule has 0 unspecified atom stereocenters. The summed E-state index contributed by atoms with van der Waals surface area (Å²) < 4.78 is 1.12. The summed E-state index contributed by atoms with van der Waals surface area (Å²) in [7, 11) is 1.50. The number of aromatic nitrogens is 2. The Morgan fingerprint density at radius 1 is 1.33 bits per heavy atom. The molecule has 0 saturated heterocycles. The Bertz CT molecular complexity index is 582. The summed E-state index contributed by atoms with van der Waals surface area (Å²) in [5.74, 6) is -0.371. The van der Waals surface area contributed by atoms with Gasteiger partial charge in [-0.2, -0.15) is 5.10 Å². The number of nitrogens with zero attached hydrogens (tertiary/aromatic N) is 2. The summed E-state index contributed by atoms with van der Waals surface area (Å²) in [4.78, 5) is 23.3. The highest BCUT2D eigenvalue weighted by Gasteiger charge is 2.36. The molecule has 1 fully saturated rings. The van der Waals surface area contributed by atoms with E-state index in [0.29, 0.717) is 12.8 Å². The fraction of sp³-hybridized carbons (Fsp3) is 0.667. The molecule has 0 aliphatic heterocycles. The molecule has 0 atom stereocenters. The molecular weight excluding hydrogens is 270 g/mol. The van der Waals surface area contributed by atoms with E-state index in [1.165, 1.54) is 19.2 Å². The highest BCUT2D eigenvalue weighted by molar-refractivity contribution is 5.92. The lowest BCUT2D eigenvalue weighted by molar-refractivity contribution is -0.0233. The number of hydrogen-bond acceptors (Lipinski definition) is 4. The van der Waals surface area contributed by atoms with Gasteiger partial charge in [0, 0.05) is 19.7 Å². The van der Waals surface area contributed by atoms with Crippen molar-refractivity contribution in [2.24, 2.45) is 12.5 Å². The maximum atomic E-state index is 12.0. The molecular formula is C15H23N3O3. The van der Waals surface area contributed by atoms with E-state index in [1.807, 2.05) is 0 Å².